The van der Waals surface area contributed by atoms with Crippen molar-refractivity contribution in [3.63, 3.8) is 0 Å². The van der Waals surface area contributed by atoms with Gasteiger partial charge in [0.25, 0.3) is 0 Å². The van der Waals surface area contributed by atoms with Crippen LogP contribution in [0, 0.1) is 0 Å². The Morgan fingerprint density at radius 2 is 2.28 bits per heavy atom. The first-order chi connectivity index (χ1) is 8.58. The summed E-state index contributed by atoms with van der Waals surface area (Å²) in [6, 6.07) is 5.74. The zero-order chi connectivity index (χ0) is 13.5. The first-order valence-corrected chi connectivity index (χ1v) is 6.70. The molecule has 0 fully saturated rings. The van der Waals surface area contributed by atoms with Crippen molar-refractivity contribution in [3.8, 4) is 5.75 Å². The molecular weight excluding hydrogens is 296 g/mol. The second-order valence-corrected chi connectivity index (χ2v) is 4.93. The standard InChI is InChI=1S/C13H19BrN2O2/c1-9(16-13(17)4-3-7-15)10-5-6-12(18-2)11(14)8-10/h5-6,8-9H,3-4,7,15H2,1-2H3,(H,16,17). The van der Waals surface area contributed by atoms with E-state index >= 15 is 0 Å². The lowest BCUT2D eigenvalue weighted by Gasteiger charge is -2.15. The van der Waals surface area contributed by atoms with Crippen molar-refractivity contribution in [2.75, 3.05) is 13.7 Å². The lowest BCUT2D eigenvalue weighted by Crippen LogP contribution is -2.26. The number of nitrogens with two attached hydrogens (primary N) is 1. The zero-order valence-corrected chi connectivity index (χ0v) is 12.3. The number of carbonyl (C=O) groups excluding carboxylic acids is 1. The molecule has 1 aromatic carbocycles. The van der Waals surface area contributed by atoms with Crippen molar-refractivity contribution in [2.24, 2.45) is 5.73 Å². The SMILES string of the molecule is COc1ccc(C(C)NC(=O)CCCN)cc1Br. The largest absolute Gasteiger partial charge is 0.496 e. The van der Waals surface area contributed by atoms with E-state index in [1.165, 1.54) is 0 Å². The van der Waals surface area contributed by atoms with Gasteiger partial charge in [0.2, 0.25) is 5.91 Å². The number of halogens is 1. The van der Waals surface area contributed by atoms with Crippen molar-refractivity contribution < 1.29 is 9.53 Å². The highest BCUT2D eigenvalue weighted by Gasteiger charge is 2.11. The maximum atomic E-state index is 11.6. The number of carbonyl (C=O) groups is 1. The molecule has 5 heteroatoms. The molecule has 18 heavy (non-hydrogen) atoms. The number of benzene rings is 1. The molecule has 3 N–H and O–H groups in total. The molecule has 0 heterocycles. The number of amides is 1. The fourth-order valence-electron chi connectivity index (χ4n) is 1.61. The molecule has 0 radical (unpaired) electrons. The summed E-state index contributed by atoms with van der Waals surface area (Å²) in [6.07, 6.45) is 1.18. The van der Waals surface area contributed by atoms with Gasteiger partial charge in [-0.25, -0.2) is 0 Å². The van der Waals surface area contributed by atoms with Crippen LogP contribution >= 0.6 is 15.9 Å². The molecule has 0 spiro atoms. The topological polar surface area (TPSA) is 64.3 Å². The second kappa shape index (κ2) is 7.38. The fourth-order valence-corrected chi connectivity index (χ4v) is 2.17. The van der Waals surface area contributed by atoms with E-state index in [0.29, 0.717) is 19.4 Å². The number of rotatable bonds is 6. The van der Waals surface area contributed by atoms with E-state index in [0.717, 1.165) is 15.8 Å². The highest BCUT2D eigenvalue weighted by molar-refractivity contribution is 9.10. The van der Waals surface area contributed by atoms with Gasteiger partial charge in [0.1, 0.15) is 5.75 Å². The molecule has 0 aromatic heterocycles. The Morgan fingerprint density at radius 3 is 2.83 bits per heavy atom. The Morgan fingerprint density at radius 1 is 1.56 bits per heavy atom. The number of hydrogen-bond donors (Lipinski definition) is 2. The number of nitrogens with one attached hydrogen (secondary N) is 1. The quantitative estimate of drug-likeness (QED) is 0.847. The van der Waals surface area contributed by atoms with Crippen LogP contribution < -0.4 is 15.8 Å². The summed E-state index contributed by atoms with van der Waals surface area (Å²) in [7, 11) is 1.62. The highest BCUT2D eigenvalue weighted by atomic mass is 79.9. The molecule has 0 saturated heterocycles. The van der Waals surface area contributed by atoms with Gasteiger partial charge in [0.15, 0.2) is 0 Å². The minimum absolute atomic E-state index is 0.0277. The Labute approximate surface area is 116 Å². The molecular formula is C13H19BrN2O2. The maximum Gasteiger partial charge on any atom is 0.220 e. The molecule has 1 aromatic rings. The molecule has 0 aliphatic carbocycles. The van der Waals surface area contributed by atoms with E-state index < -0.39 is 0 Å². The van der Waals surface area contributed by atoms with Crippen LogP contribution in [-0.2, 0) is 4.79 Å². The Hall–Kier alpha value is -1.07. The predicted octanol–water partition coefficient (Wildman–Crippen LogP) is 2.37. The van der Waals surface area contributed by atoms with Crippen molar-refractivity contribution in [2.45, 2.75) is 25.8 Å². The fraction of sp³-hybridized carbons (Fsp3) is 0.462. The summed E-state index contributed by atoms with van der Waals surface area (Å²) in [4.78, 5) is 11.6. The molecule has 0 bridgehead atoms. The third-order valence-electron chi connectivity index (χ3n) is 2.66. The van der Waals surface area contributed by atoms with Gasteiger partial charge in [0.05, 0.1) is 17.6 Å². The van der Waals surface area contributed by atoms with E-state index in [1.807, 2.05) is 25.1 Å². The van der Waals surface area contributed by atoms with Crippen molar-refractivity contribution in [1.82, 2.24) is 5.32 Å². The Bertz CT molecular complexity index is 410. The third kappa shape index (κ3) is 4.31. The van der Waals surface area contributed by atoms with Crippen LogP contribution in [0.1, 0.15) is 31.4 Å². The summed E-state index contributed by atoms with van der Waals surface area (Å²) < 4.78 is 6.05. The normalized spacial score (nSPS) is 12.0. The first kappa shape index (κ1) is 15.0. The first-order valence-electron chi connectivity index (χ1n) is 5.91. The summed E-state index contributed by atoms with van der Waals surface area (Å²) in [6.45, 7) is 2.49. The summed E-state index contributed by atoms with van der Waals surface area (Å²) in [5.74, 6) is 0.806. The van der Waals surface area contributed by atoms with Crippen molar-refractivity contribution in [1.29, 1.82) is 0 Å². The summed E-state index contributed by atoms with van der Waals surface area (Å²) in [5.41, 5.74) is 6.40. The number of ether oxygens (including phenoxy) is 1. The van der Waals surface area contributed by atoms with E-state index in [9.17, 15) is 4.79 Å². The molecule has 0 aliphatic rings. The average molecular weight is 315 g/mol. The average Bonchev–Trinajstić information content (AvgIpc) is 2.36. The van der Waals surface area contributed by atoms with Crippen LogP contribution in [0.5, 0.6) is 5.75 Å². The van der Waals surface area contributed by atoms with Gasteiger partial charge in [-0.3, -0.25) is 4.79 Å². The van der Waals surface area contributed by atoms with Gasteiger partial charge in [-0.05, 0) is 53.5 Å². The van der Waals surface area contributed by atoms with Crippen LogP contribution in [-0.4, -0.2) is 19.6 Å². The Kier molecular flexibility index (Phi) is 6.15. The predicted molar refractivity (Wildman–Crippen MR) is 75.5 cm³/mol. The molecule has 0 saturated carbocycles. The van der Waals surface area contributed by atoms with E-state index in [1.54, 1.807) is 7.11 Å². The molecule has 1 atom stereocenters. The summed E-state index contributed by atoms with van der Waals surface area (Å²) >= 11 is 3.43. The molecule has 100 valence electrons. The van der Waals surface area contributed by atoms with Crippen LogP contribution in [0.3, 0.4) is 0 Å². The van der Waals surface area contributed by atoms with E-state index in [-0.39, 0.29) is 11.9 Å². The molecule has 4 nitrogen and oxygen atoms in total. The van der Waals surface area contributed by atoms with Crippen LogP contribution in [0.4, 0.5) is 0 Å². The van der Waals surface area contributed by atoms with Crippen molar-refractivity contribution in [3.05, 3.63) is 28.2 Å². The molecule has 1 amide bonds. The van der Waals surface area contributed by atoms with E-state index in [2.05, 4.69) is 21.2 Å². The van der Waals surface area contributed by atoms with Gasteiger partial charge in [0, 0.05) is 6.42 Å². The lowest BCUT2D eigenvalue weighted by molar-refractivity contribution is -0.121. The van der Waals surface area contributed by atoms with Gasteiger partial charge < -0.3 is 15.8 Å². The summed E-state index contributed by atoms with van der Waals surface area (Å²) in [5, 5.41) is 2.94. The van der Waals surface area contributed by atoms with Gasteiger partial charge >= 0.3 is 0 Å². The van der Waals surface area contributed by atoms with Gasteiger partial charge in [-0.1, -0.05) is 6.07 Å². The highest BCUT2D eigenvalue weighted by Crippen LogP contribution is 2.27. The number of methoxy groups -OCH3 is 1. The molecule has 1 rings (SSSR count). The van der Waals surface area contributed by atoms with Crippen LogP contribution in [0.15, 0.2) is 22.7 Å². The van der Waals surface area contributed by atoms with E-state index in [4.69, 9.17) is 10.5 Å². The zero-order valence-electron chi connectivity index (χ0n) is 10.7. The van der Waals surface area contributed by atoms with Gasteiger partial charge in [-0.2, -0.15) is 0 Å². The lowest BCUT2D eigenvalue weighted by atomic mass is 10.1. The molecule has 0 aliphatic heterocycles. The smallest absolute Gasteiger partial charge is 0.220 e. The third-order valence-corrected chi connectivity index (χ3v) is 3.28. The monoisotopic (exact) mass is 314 g/mol. The van der Waals surface area contributed by atoms with Crippen LogP contribution in [0.25, 0.3) is 0 Å². The maximum absolute atomic E-state index is 11.6. The Balaban J connectivity index is 2.63. The van der Waals surface area contributed by atoms with Crippen molar-refractivity contribution >= 4 is 21.8 Å². The minimum Gasteiger partial charge on any atom is -0.496 e. The number of hydrogen-bond acceptors (Lipinski definition) is 3. The minimum atomic E-state index is -0.0301. The van der Waals surface area contributed by atoms with Gasteiger partial charge in [-0.15, -0.1) is 0 Å². The molecule has 1 unspecified atom stereocenters. The second-order valence-electron chi connectivity index (χ2n) is 4.08. The van der Waals surface area contributed by atoms with Crippen LogP contribution in [0.2, 0.25) is 0 Å².